The number of hydrogen-bond acceptors (Lipinski definition) is 2. The third-order valence-corrected chi connectivity index (χ3v) is 4.70. The molecule has 0 aromatic heterocycles. The van der Waals surface area contributed by atoms with Gasteiger partial charge >= 0.3 is 0 Å². The third kappa shape index (κ3) is 5.13. The number of nitrogens with one attached hydrogen (secondary N) is 1. The molecule has 1 N–H and O–H groups in total. The number of amides is 1. The van der Waals surface area contributed by atoms with Gasteiger partial charge in [-0.15, -0.1) is 0 Å². The largest absolute Gasteiger partial charge is 0.342 e. The van der Waals surface area contributed by atoms with Crippen molar-refractivity contribution in [2.45, 2.75) is 65.8 Å². The smallest absolute Gasteiger partial charge is 0.239 e. The molecular weight excluding hydrogens is 236 g/mol. The van der Waals surface area contributed by atoms with Gasteiger partial charge < -0.3 is 10.2 Å². The molecule has 1 saturated carbocycles. The Morgan fingerprint density at radius 3 is 2.11 bits per heavy atom. The van der Waals surface area contributed by atoms with Crippen LogP contribution >= 0.6 is 0 Å². The van der Waals surface area contributed by atoms with Gasteiger partial charge in [-0.25, -0.2) is 0 Å². The first kappa shape index (κ1) is 16.5. The van der Waals surface area contributed by atoms with Gasteiger partial charge in [0.25, 0.3) is 0 Å². The molecule has 1 rings (SSSR count). The number of carbonyl (C=O) groups excluding carboxylic acids is 1. The van der Waals surface area contributed by atoms with Gasteiger partial charge in [-0.1, -0.05) is 26.2 Å². The van der Waals surface area contributed by atoms with Crippen molar-refractivity contribution in [2.75, 3.05) is 19.6 Å². The zero-order valence-electron chi connectivity index (χ0n) is 13.2. The van der Waals surface area contributed by atoms with E-state index in [0.29, 0.717) is 0 Å². The van der Waals surface area contributed by atoms with Crippen molar-refractivity contribution >= 4 is 5.91 Å². The predicted molar refractivity (Wildman–Crippen MR) is 81.1 cm³/mol. The van der Waals surface area contributed by atoms with Crippen molar-refractivity contribution in [3.05, 3.63) is 0 Å². The molecular formula is C16H32N2O. The van der Waals surface area contributed by atoms with E-state index in [1.807, 2.05) is 25.7 Å². The van der Waals surface area contributed by atoms with E-state index in [2.05, 4.69) is 12.2 Å². The van der Waals surface area contributed by atoms with Crippen molar-refractivity contribution in [3.8, 4) is 0 Å². The minimum atomic E-state index is -0.0381. The van der Waals surface area contributed by atoms with Crippen molar-refractivity contribution in [1.29, 1.82) is 0 Å². The average molecular weight is 268 g/mol. The Morgan fingerprint density at radius 2 is 1.63 bits per heavy atom. The van der Waals surface area contributed by atoms with Gasteiger partial charge in [-0.2, -0.15) is 0 Å². The van der Waals surface area contributed by atoms with Crippen LogP contribution in [-0.2, 0) is 4.79 Å². The standard InChI is InChI=1S/C16H32N2O/c1-5-14-8-10-15(11-9-14)12-17-13(4)16(19)18(6-2)7-3/h13-15,17H,5-12H2,1-4H3. The summed E-state index contributed by atoms with van der Waals surface area (Å²) in [5, 5.41) is 3.44. The van der Waals surface area contributed by atoms with Crippen molar-refractivity contribution in [2.24, 2.45) is 11.8 Å². The minimum Gasteiger partial charge on any atom is -0.342 e. The lowest BCUT2D eigenvalue weighted by Crippen LogP contribution is -2.46. The monoisotopic (exact) mass is 268 g/mol. The lowest BCUT2D eigenvalue weighted by molar-refractivity contribution is -0.132. The molecule has 1 fully saturated rings. The van der Waals surface area contributed by atoms with Crippen LogP contribution in [0.2, 0.25) is 0 Å². The fourth-order valence-electron chi connectivity index (χ4n) is 3.08. The van der Waals surface area contributed by atoms with Crippen LogP contribution in [0.15, 0.2) is 0 Å². The quantitative estimate of drug-likeness (QED) is 0.769. The highest BCUT2D eigenvalue weighted by atomic mass is 16.2. The van der Waals surface area contributed by atoms with Gasteiger partial charge in [0.15, 0.2) is 0 Å². The zero-order valence-corrected chi connectivity index (χ0v) is 13.2. The lowest BCUT2D eigenvalue weighted by Gasteiger charge is -2.29. The van der Waals surface area contributed by atoms with E-state index < -0.39 is 0 Å². The van der Waals surface area contributed by atoms with Crippen molar-refractivity contribution in [1.82, 2.24) is 10.2 Å². The van der Waals surface area contributed by atoms with Crippen LogP contribution in [0.1, 0.15) is 59.8 Å². The van der Waals surface area contributed by atoms with E-state index in [-0.39, 0.29) is 11.9 Å². The summed E-state index contributed by atoms with van der Waals surface area (Å²) in [5.41, 5.74) is 0. The fraction of sp³-hybridized carbons (Fsp3) is 0.938. The molecule has 0 aromatic carbocycles. The third-order valence-electron chi connectivity index (χ3n) is 4.70. The molecule has 0 heterocycles. The van der Waals surface area contributed by atoms with E-state index in [4.69, 9.17) is 0 Å². The maximum Gasteiger partial charge on any atom is 0.239 e. The Labute approximate surface area is 119 Å². The summed E-state index contributed by atoms with van der Waals surface area (Å²) < 4.78 is 0. The Bertz CT molecular complexity index is 255. The Hall–Kier alpha value is -0.570. The Kier molecular flexibility index (Phi) is 7.44. The van der Waals surface area contributed by atoms with Gasteiger partial charge in [-0.05, 0) is 52.0 Å². The predicted octanol–water partition coefficient (Wildman–Crippen LogP) is 3.05. The number of hydrogen-bond donors (Lipinski definition) is 1. The molecule has 0 radical (unpaired) electrons. The second-order valence-electron chi connectivity index (χ2n) is 5.94. The number of likely N-dealkylation sites (N-methyl/N-ethyl adjacent to an activating group) is 1. The van der Waals surface area contributed by atoms with Crippen LogP contribution < -0.4 is 5.32 Å². The molecule has 0 aliphatic heterocycles. The van der Waals surface area contributed by atoms with Crippen molar-refractivity contribution < 1.29 is 4.79 Å². The fourth-order valence-corrected chi connectivity index (χ4v) is 3.08. The Balaban J connectivity index is 2.26. The van der Waals surface area contributed by atoms with Gasteiger partial charge in [-0.3, -0.25) is 4.79 Å². The zero-order chi connectivity index (χ0) is 14.3. The van der Waals surface area contributed by atoms with E-state index >= 15 is 0 Å². The SMILES string of the molecule is CCC1CCC(CNC(C)C(=O)N(CC)CC)CC1. The maximum absolute atomic E-state index is 12.1. The van der Waals surface area contributed by atoms with Gasteiger partial charge in [0.2, 0.25) is 5.91 Å². The molecule has 0 aromatic rings. The summed E-state index contributed by atoms with van der Waals surface area (Å²) in [6.07, 6.45) is 6.74. The highest BCUT2D eigenvalue weighted by molar-refractivity contribution is 5.81. The van der Waals surface area contributed by atoms with Crippen LogP contribution in [0, 0.1) is 11.8 Å². The normalized spacial score (nSPS) is 25.1. The first-order valence-corrected chi connectivity index (χ1v) is 8.14. The first-order valence-electron chi connectivity index (χ1n) is 8.14. The maximum atomic E-state index is 12.1. The molecule has 1 amide bonds. The number of rotatable bonds is 7. The number of carbonyl (C=O) groups is 1. The molecule has 0 saturated heterocycles. The summed E-state index contributed by atoms with van der Waals surface area (Å²) in [6.45, 7) is 11.0. The van der Waals surface area contributed by atoms with Crippen LogP contribution in [0.25, 0.3) is 0 Å². The van der Waals surface area contributed by atoms with E-state index in [1.54, 1.807) is 0 Å². The van der Waals surface area contributed by atoms with Crippen LogP contribution in [0.5, 0.6) is 0 Å². The molecule has 3 heteroatoms. The highest BCUT2D eigenvalue weighted by Crippen LogP contribution is 2.30. The van der Waals surface area contributed by atoms with Crippen LogP contribution in [0.3, 0.4) is 0 Å². The summed E-state index contributed by atoms with van der Waals surface area (Å²) >= 11 is 0. The van der Waals surface area contributed by atoms with Crippen LogP contribution in [-0.4, -0.2) is 36.5 Å². The number of nitrogens with zero attached hydrogens (tertiary/aromatic N) is 1. The molecule has 1 unspecified atom stereocenters. The summed E-state index contributed by atoms with van der Waals surface area (Å²) in [5.74, 6) is 1.97. The molecule has 0 spiro atoms. The first-order chi connectivity index (χ1) is 9.12. The van der Waals surface area contributed by atoms with Gasteiger partial charge in [0, 0.05) is 13.1 Å². The second kappa shape index (κ2) is 8.57. The van der Waals surface area contributed by atoms with E-state index in [1.165, 1.54) is 32.1 Å². The van der Waals surface area contributed by atoms with Crippen LogP contribution in [0.4, 0.5) is 0 Å². The molecule has 19 heavy (non-hydrogen) atoms. The molecule has 112 valence electrons. The summed E-state index contributed by atoms with van der Waals surface area (Å²) in [4.78, 5) is 14.0. The molecule has 1 aliphatic rings. The van der Waals surface area contributed by atoms with E-state index in [0.717, 1.165) is 31.5 Å². The topological polar surface area (TPSA) is 32.3 Å². The highest BCUT2D eigenvalue weighted by Gasteiger charge is 2.22. The molecule has 0 bridgehead atoms. The van der Waals surface area contributed by atoms with Gasteiger partial charge in [0.05, 0.1) is 6.04 Å². The molecule has 3 nitrogen and oxygen atoms in total. The second-order valence-corrected chi connectivity index (χ2v) is 5.94. The summed E-state index contributed by atoms with van der Waals surface area (Å²) in [6, 6.07) is -0.0381. The van der Waals surface area contributed by atoms with E-state index in [9.17, 15) is 4.79 Å². The molecule has 1 aliphatic carbocycles. The molecule has 1 atom stereocenters. The Morgan fingerprint density at radius 1 is 1.11 bits per heavy atom. The lowest BCUT2D eigenvalue weighted by atomic mass is 9.81. The average Bonchev–Trinajstić information content (AvgIpc) is 2.46. The van der Waals surface area contributed by atoms with Gasteiger partial charge in [0.1, 0.15) is 0 Å². The summed E-state index contributed by atoms with van der Waals surface area (Å²) in [7, 11) is 0. The van der Waals surface area contributed by atoms with Crippen molar-refractivity contribution in [3.63, 3.8) is 0 Å². The minimum absolute atomic E-state index is 0.0381.